The first kappa shape index (κ1) is 14.3. The second-order valence-electron chi connectivity index (χ2n) is 5.51. The predicted molar refractivity (Wildman–Crippen MR) is 86.0 cm³/mol. The number of carbonyl (C=O) groups excluding carboxylic acids is 1. The molecule has 108 valence electrons. The molecule has 0 saturated heterocycles. The second kappa shape index (κ2) is 5.98. The molecule has 0 atom stereocenters. The minimum absolute atomic E-state index is 0.0199. The lowest BCUT2D eigenvalue weighted by Crippen LogP contribution is -2.33. The Hall–Kier alpha value is -1.68. The fraction of sp³-hybridized carbons (Fsp3) is 0.294. The first-order valence-electron chi connectivity index (χ1n) is 7.11. The van der Waals surface area contributed by atoms with Gasteiger partial charge in [-0.05, 0) is 53.4 Å². The minimum Gasteiger partial charge on any atom is -0.330 e. The minimum atomic E-state index is 0.0199. The molecule has 1 aliphatic carbocycles. The summed E-state index contributed by atoms with van der Waals surface area (Å²) in [6, 6.07) is 12.3. The van der Waals surface area contributed by atoms with Crippen LogP contribution in [0.25, 0.3) is 0 Å². The number of amides is 1. The van der Waals surface area contributed by atoms with Gasteiger partial charge < -0.3 is 4.90 Å². The maximum atomic E-state index is 12.7. The largest absolute Gasteiger partial charge is 0.330 e. The van der Waals surface area contributed by atoms with Crippen LogP contribution < -0.4 is 0 Å². The van der Waals surface area contributed by atoms with E-state index in [0.29, 0.717) is 18.3 Å². The molecule has 1 amide bonds. The molecule has 1 saturated carbocycles. The highest BCUT2D eigenvalue weighted by molar-refractivity contribution is 9.10. The van der Waals surface area contributed by atoms with Gasteiger partial charge in [0.2, 0.25) is 0 Å². The molecular formula is C17H17BrN2O. The van der Waals surface area contributed by atoms with Gasteiger partial charge in [0.1, 0.15) is 5.69 Å². The molecule has 4 heteroatoms. The number of rotatable bonds is 4. The number of aryl methyl sites for hydroxylation is 1. The van der Waals surface area contributed by atoms with Gasteiger partial charge in [-0.2, -0.15) is 0 Å². The third-order valence-electron chi connectivity index (χ3n) is 3.63. The smallest absolute Gasteiger partial charge is 0.272 e. The van der Waals surface area contributed by atoms with Crippen LogP contribution in [0.4, 0.5) is 0 Å². The molecule has 1 aliphatic rings. The summed E-state index contributed by atoms with van der Waals surface area (Å²) in [4.78, 5) is 18.9. The van der Waals surface area contributed by atoms with Crippen LogP contribution in [-0.2, 0) is 6.54 Å². The molecule has 1 aromatic carbocycles. The molecule has 21 heavy (non-hydrogen) atoms. The summed E-state index contributed by atoms with van der Waals surface area (Å²) >= 11 is 3.35. The maximum absolute atomic E-state index is 12.7. The quantitative estimate of drug-likeness (QED) is 0.840. The van der Waals surface area contributed by atoms with Crippen molar-refractivity contribution in [3.8, 4) is 0 Å². The Morgan fingerprint density at radius 3 is 2.76 bits per heavy atom. The number of benzene rings is 1. The van der Waals surface area contributed by atoms with E-state index in [1.54, 1.807) is 12.3 Å². The van der Waals surface area contributed by atoms with Gasteiger partial charge in [0.05, 0.1) is 0 Å². The van der Waals surface area contributed by atoms with Crippen LogP contribution in [0.15, 0.2) is 47.1 Å². The van der Waals surface area contributed by atoms with E-state index in [2.05, 4.69) is 46.0 Å². The summed E-state index contributed by atoms with van der Waals surface area (Å²) in [6.45, 7) is 2.73. The Morgan fingerprint density at radius 1 is 1.33 bits per heavy atom. The Bertz CT molecular complexity index is 650. The molecule has 0 spiro atoms. The van der Waals surface area contributed by atoms with E-state index in [1.807, 2.05) is 17.0 Å². The monoisotopic (exact) mass is 344 g/mol. The van der Waals surface area contributed by atoms with Gasteiger partial charge in [-0.15, -0.1) is 0 Å². The van der Waals surface area contributed by atoms with Crippen LogP contribution in [0.1, 0.15) is 34.5 Å². The SMILES string of the molecule is Cc1cccc(CN(C(=O)c2ccc(Br)cn2)C2CC2)c1. The van der Waals surface area contributed by atoms with Crippen molar-refractivity contribution in [3.05, 3.63) is 63.9 Å². The summed E-state index contributed by atoms with van der Waals surface area (Å²) < 4.78 is 0.885. The van der Waals surface area contributed by atoms with Gasteiger partial charge in [0, 0.05) is 23.3 Å². The van der Waals surface area contributed by atoms with E-state index in [1.165, 1.54) is 11.1 Å². The first-order valence-corrected chi connectivity index (χ1v) is 7.91. The van der Waals surface area contributed by atoms with E-state index >= 15 is 0 Å². The highest BCUT2D eigenvalue weighted by Gasteiger charge is 2.33. The zero-order chi connectivity index (χ0) is 14.8. The van der Waals surface area contributed by atoms with E-state index in [4.69, 9.17) is 0 Å². The van der Waals surface area contributed by atoms with E-state index in [0.717, 1.165) is 17.3 Å². The summed E-state index contributed by atoms with van der Waals surface area (Å²) in [6.07, 6.45) is 3.85. The summed E-state index contributed by atoms with van der Waals surface area (Å²) in [5, 5.41) is 0. The van der Waals surface area contributed by atoms with Crippen molar-refractivity contribution in [2.24, 2.45) is 0 Å². The normalized spacial score (nSPS) is 14.0. The Kier molecular flexibility index (Phi) is 4.06. The molecule has 3 rings (SSSR count). The summed E-state index contributed by atoms with van der Waals surface area (Å²) in [5.41, 5.74) is 2.91. The molecule has 0 unspecified atom stereocenters. The molecule has 0 bridgehead atoms. The number of hydrogen-bond acceptors (Lipinski definition) is 2. The highest BCUT2D eigenvalue weighted by Crippen LogP contribution is 2.29. The lowest BCUT2D eigenvalue weighted by atomic mass is 10.1. The van der Waals surface area contributed by atoms with Crippen molar-refractivity contribution in [3.63, 3.8) is 0 Å². The van der Waals surface area contributed by atoms with Crippen molar-refractivity contribution in [2.75, 3.05) is 0 Å². The van der Waals surface area contributed by atoms with Crippen molar-refractivity contribution in [1.29, 1.82) is 0 Å². The molecule has 1 fully saturated rings. The maximum Gasteiger partial charge on any atom is 0.272 e. The van der Waals surface area contributed by atoms with Crippen molar-refractivity contribution < 1.29 is 4.79 Å². The topological polar surface area (TPSA) is 33.2 Å². The average Bonchev–Trinajstić information content (AvgIpc) is 3.29. The molecular weight excluding hydrogens is 328 g/mol. The predicted octanol–water partition coefficient (Wildman–Crippen LogP) is 3.96. The molecule has 0 N–H and O–H groups in total. The Balaban J connectivity index is 1.81. The van der Waals surface area contributed by atoms with Crippen LogP contribution in [-0.4, -0.2) is 21.8 Å². The third kappa shape index (κ3) is 3.50. The Labute approximate surface area is 133 Å². The van der Waals surface area contributed by atoms with Crippen molar-refractivity contribution in [1.82, 2.24) is 9.88 Å². The lowest BCUT2D eigenvalue weighted by molar-refractivity contribution is 0.0724. The first-order chi connectivity index (χ1) is 10.1. The van der Waals surface area contributed by atoms with Crippen LogP contribution in [0, 0.1) is 6.92 Å². The van der Waals surface area contributed by atoms with Crippen LogP contribution >= 0.6 is 15.9 Å². The fourth-order valence-corrected chi connectivity index (χ4v) is 2.64. The number of carbonyl (C=O) groups is 1. The zero-order valence-electron chi connectivity index (χ0n) is 11.9. The molecule has 0 radical (unpaired) electrons. The van der Waals surface area contributed by atoms with E-state index in [-0.39, 0.29) is 5.91 Å². The van der Waals surface area contributed by atoms with Gasteiger partial charge in [0.25, 0.3) is 5.91 Å². The number of nitrogens with zero attached hydrogens (tertiary/aromatic N) is 2. The van der Waals surface area contributed by atoms with E-state index in [9.17, 15) is 4.79 Å². The average molecular weight is 345 g/mol. The highest BCUT2D eigenvalue weighted by atomic mass is 79.9. The van der Waals surface area contributed by atoms with Crippen LogP contribution in [0.5, 0.6) is 0 Å². The number of aromatic nitrogens is 1. The van der Waals surface area contributed by atoms with Crippen molar-refractivity contribution in [2.45, 2.75) is 32.4 Å². The molecule has 1 heterocycles. The van der Waals surface area contributed by atoms with Crippen molar-refractivity contribution >= 4 is 21.8 Å². The molecule has 1 aromatic heterocycles. The molecule has 2 aromatic rings. The zero-order valence-corrected chi connectivity index (χ0v) is 13.5. The standard InChI is InChI=1S/C17H17BrN2O/c1-12-3-2-4-13(9-12)11-20(15-6-7-15)17(21)16-8-5-14(18)10-19-16/h2-5,8-10,15H,6-7,11H2,1H3. The van der Waals surface area contributed by atoms with Gasteiger partial charge >= 0.3 is 0 Å². The summed E-state index contributed by atoms with van der Waals surface area (Å²) in [7, 11) is 0. The fourth-order valence-electron chi connectivity index (χ4n) is 2.41. The van der Waals surface area contributed by atoms with Crippen LogP contribution in [0.3, 0.4) is 0 Å². The third-order valence-corrected chi connectivity index (χ3v) is 4.10. The lowest BCUT2D eigenvalue weighted by Gasteiger charge is -2.22. The van der Waals surface area contributed by atoms with Gasteiger partial charge in [-0.1, -0.05) is 29.8 Å². The molecule has 0 aliphatic heterocycles. The molecule has 3 nitrogen and oxygen atoms in total. The summed E-state index contributed by atoms with van der Waals surface area (Å²) in [5.74, 6) is 0.0199. The number of halogens is 1. The second-order valence-corrected chi connectivity index (χ2v) is 6.43. The van der Waals surface area contributed by atoms with Gasteiger partial charge in [-0.25, -0.2) is 4.98 Å². The number of pyridine rings is 1. The van der Waals surface area contributed by atoms with Gasteiger partial charge in [-0.3, -0.25) is 4.79 Å². The Morgan fingerprint density at radius 2 is 2.14 bits per heavy atom. The van der Waals surface area contributed by atoms with Crippen LogP contribution in [0.2, 0.25) is 0 Å². The number of hydrogen-bond donors (Lipinski definition) is 0. The van der Waals surface area contributed by atoms with Gasteiger partial charge in [0.15, 0.2) is 0 Å². The van der Waals surface area contributed by atoms with E-state index < -0.39 is 0 Å².